The molecule has 2 aromatic carbocycles. The van der Waals surface area contributed by atoms with Crippen molar-refractivity contribution in [2.45, 2.75) is 26.3 Å². The summed E-state index contributed by atoms with van der Waals surface area (Å²) in [6.45, 7) is 5.83. The number of hydrogen-bond donors (Lipinski definition) is 1. The molecule has 1 fully saturated rings. The number of piperidine rings is 1. The molecule has 3 aromatic rings. The molecule has 2 heterocycles. The molecule has 1 N–H and O–H groups in total. The highest BCUT2D eigenvalue weighted by Gasteiger charge is 2.15. The van der Waals surface area contributed by atoms with E-state index in [1.165, 1.54) is 31.5 Å². The van der Waals surface area contributed by atoms with Gasteiger partial charge in [-0.15, -0.1) is 11.3 Å². The van der Waals surface area contributed by atoms with E-state index in [0.717, 1.165) is 34.4 Å². The van der Waals surface area contributed by atoms with Crippen molar-refractivity contribution in [1.82, 2.24) is 9.88 Å². The normalized spacial score (nSPS) is 17.8. The summed E-state index contributed by atoms with van der Waals surface area (Å²) in [6.07, 6.45) is 4.53. The van der Waals surface area contributed by atoms with Crippen LogP contribution < -0.4 is 5.43 Å². The first kappa shape index (κ1) is 18.8. The summed E-state index contributed by atoms with van der Waals surface area (Å²) in [5, 5.41) is 7.18. The number of hydrogen-bond acceptors (Lipinski definition) is 5. The van der Waals surface area contributed by atoms with Gasteiger partial charge in [0.25, 0.3) is 0 Å². The third-order valence-corrected chi connectivity index (χ3v) is 5.82. The van der Waals surface area contributed by atoms with Crippen LogP contribution in [0.5, 0.6) is 0 Å². The summed E-state index contributed by atoms with van der Waals surface area (Å²) >= 11 is 1.56. The van der Waals surface area contributed by atoms with Crippen molar-refractivity contribution in [2.75, 3.05) is 18.5 Å². The number of hydrazone groups is 1. The predicted octanol–water partition coefficient (Wildman–Crippen LogP) is 5.49. The zero-order valence-electron chi connectivity index (χ0n) is 16.2. The first-order chi connectivity index (χ1) is 13.8. The lowest BCUT2D eigenvalue weighted by Crippen LogP contribution is -2.33. The first-order valence-corrected chi connectivity index (χ1v) is 10.8. The molecule has 1 aromatic heterocycles. The van der Waals surface area contributed by atoms with Gasteiger partial charge >= 0.3 is 0 Å². The zero-order valence-corrected chi connectivity index (χ0v) is 17.0. The van der Waals surface area contributed by atoms with Crippen LogP contribution in [0.25, 0.3) is 11.3 Å². The van der Waals surface area contributed by atoms with Gasteiger partial charge in [0.1, 0.15) is 0 Å². The van der Waals surface area contributed by atoms with Crippen LogP contribution in [0.3, 0.4) is 0 Å². The molecule has 28 heavy (non-hydrogen) atoms. The largest absolute Gasteiger partial charge is 0.299 e. The van der Waals surface area contributed by atoms with Gasteiger partial charge in [0, 0.05) is 24.0 Å². The molecule has 1 unspecified atom stereocenters. The highest BCUT2D eigenvalue weighted by atomic mass is 32.1. The molecule has 0 aliphatic carbocycles. The van der Waals surface area contributed by atoms with Crippen molar-refractivity contribution >= 4 is 22.7 Å². The minimum Gasteiger partial charge on any atom is -0.299 e. The van der Waals surface area contributed by atoms with E-state index in [-0.39, 0.29) is 0 Å². The molecule has 0 bridgehead atoms. The summed E-state index contributed by atoms with van der Waals surface area (Å²) in [4.78, 5) is 7.15. The number of rotatable bonds is 6. The second-order valence-electron chi connectivity index (χ2n) is 7.50. The van der Waals surface area contributed by atoms with Crippen LogP contribution >= 0.6 is 11.3 Å². The molecule has 4 rings (SSSR count). The Bertz CT molecular complexity index is 902. The lowest BCUT2D eigenvalue weighted by molar-refractivity contribution is 0.176. The molecular formula is C23H26N4S. The molecule has 0 radical (unpaired) electrons. The molecule has 144 valence electrons. The average molecular weight is 391 g/mol. The molecular weight excluding hydrogens is 364 g/mol. The molecule has 1 aliphatic rings. The Morgan fingerprint density at radius 3 is 2.79 bits per heavy atom. The Balaban J connectivity index is 1.31. The van der Waals surface area contributed by atoms with E-state index in [1.807, 2.05) is 29.8 Å². The van der Waals surface area contributed by atoms with Gasteiger partial charge in [-0.2, -0.15) is 5.10 Å². The first-order valence-electron chi connectivity index (χ1n) is 9.87. The van der Waals surface area contributed by atoms with Crippen LogP contribution in [0.4, 0.5) is 5.13 Å². The molecule has 0 amide bonds. The maximum Gasteiger partial charge on any atom is 0.203 e. The van der Waals surface area contributed by atoms with Crippen molar-refractivity contribution in [3.63, 3.8) is 0 Å². The van der Waals surface area contributed by atoms with E-state index in [2.05, 4.69) is 63.7 Å². The second kappa shape index (κ2) is 9.13. The number of nitrogens with zero attached hydrogens (tertiary/aromatic N) is 3. The van der Waals surface area contributed by atoms with Crippen molar-refractivity contribution in [2.24, 2.45) is 11.0 Å². The fourth-order valence-corrected chi connectivity index (χ4v) is 4.29. The van der Waals surface area contributed by atoms with Gasteiger partial charge < -0.3 is 0 Å². The number of nitrogens with one attached hydrogen (secondary N) is 1. The molecule has 4 nitrogen and oxygen atoms in total. The lowest BCUT2D eigenvalue weighted by Gasteiger charge is -2.30. The molecule has 1 aliphatic heterocycles. The molecule has 5 heteroatoms. The van der Waals surface area contributed by atoms with E-state index >= 15 is 0 Å². The minimum atomic E-state index is 0.797. The fraction of sp³-hybridized carbons (Fsp3) is 0.304. The molecule has 1 atom stereocenters. The van der Waals surface area contributed by atoms with Crippen LogP contribution in [0.1, 0.15) is 30.9 Å². The second-order valence-corrected chi connectivity index (χ2v) is 8.36. The van der Waals surface area contributed by atoms with Crippen LogP contribution in [0.15, 0.2) is 65.1 Å². The van der Waals surface area contributed by atoms with Gasteiger partial charge in [0.2, 0.25) is 5.13 Å². The Morgan fingerprint density at radius 2 is 2.00 bits per heavy atom. The quantitative estimate of drug-likeness (QED) is 0.447. The Kier molecular flexibility index (Phi) is 6.14. The maximum absolute atomic E-state index is 4.59. The van der Waals surface area contributed by atoms with Crippen molar-refractivity contribution < 1.29 is 0 Å². The van der Waals surface area contributed by atoms with Gasteiger partial charge in [-0.25, -0.2) is 4.98 Å². The highest BCUT2D eigenvalue weighted by Crippen LogP contribution is 2.24. The Hall–Kier alpha value is -2.50. The smallest absolute Gasteiger partial charge is 0.203 e. The summed E-state index contributed by atoms with van der Waals surface area (Å²) in [6, 6.07) is 18.9. The summed E-state index contributed by atoms with van der Waals surface area (Å²) in [7, 11) is 0. The molecule has 0 spiro atoms. The number of likely N-dealkylation sites (tertiary alicyclic amines) is 1. The maximum atomic E-state index is 4.59. The van der Waals surface area contributed by atoms with Gasteiger partial charge in [-0.3, -0.25) is 10.3 Å². The van der Waals surface area contributed by atoms with Crippen LogP contribution in [0.2, 0.25) is 0 Å². The number of aromatic nitrogens is 1. The summed E-state index contributed by atoms with van der Waals surface area (Å²) < 4.78 is 0. The number of anilines is 1. The summed E-state index contributed by atoms with van der Waals surface area (Å²) in [5.74, 6) is 0.819. The van der Waals surface area contributed by atoms with Crippen LogP contribution in [0, 0.1) is 5.92 Å². The van der Waals surface area contributed by atoms with E-state index in [1.54, 1.807) is 11.3 Å². The van der Waals surface area contributed by atoms with Gasteiger partial charge in [-0.1, -0.05) is 61.5 Å². The fourth-order valence-electron chi connectivity index (χ4n) is 3.63. The third-order valence-electron chi connectivity index (χ3n) is 5.07. The minimum absolute atomic E-state index is 0.797. The van der Waals surface area contributed by atoms with Gasteiger partial charge in [0.05, 0.1) is 11.9 Å². The molecule has 1 saturated heterocycles. The van der Waals surface area contributed by atoms with Gasteiger partial charge in [-0.05, 0) is 36.4 Å². The van der Waals surface area contributed by atoms with Crippen LogP contribution in [-0.4, -0.2) is 29.2 Å². The van der Waals surface area contributed by atoms with Crippen molar-refractivity contribution in [3.05, 3.63) is 71.1 Å². The lowest BCUT2D eigenvalue weighted by atomic mass is 10.00. The zero-order chi connectivity index (χ0) is 19.2. The number of benzene rings is 2. The van der Waals surface area contributed by atoms with Gasteiger partial charge in [0.15, 0.2) is 0 Å². The monoisotopic (exact) mass is 390 g/mol. The summed E-state index contributed by atoms with van der Waals surface area (Å²) in [5.41, 5.74) is 7.58. The topological polar surface area (TPSA) is 40.5 Å². The van der Waals surface area contributed by atoms with Crippen molar-refractivity contribution in [1.29, 1.82) is 0 Å². The SMILES string of the molecule is CC1CCCN(Cc2ccc(C=NNc3nc(-c4ccccc4)cs3)cc2)C1. The van der Waals surface area contributed by atoms with E-state index in [9.17, 15) is 0 Å². The average Bonchev–Trinajstić information content (AvgIpc) is 3.19. The predicted molar refractivity (Wildman–Crippen MR) is 119 cm³/mol. The highest BCUT2D eigenvalue weighted by molar-refractivity contribution is 7.14. The Labute approximate surface area is 170 Å². The number of thiazole rings is 1. The van der Waals surface area contributed by atoms with E-state index in [4.69, 9.17) is 0 Å². The Morgan fingerprint density at radius 1 is 1.18 bits per heavy atom. The third kappa shape index (κ3) is 5.06. The van der Waals surface area contributed by atoms with E-state index < -0.39 is 0 Å². The molecule has 0 saturated carbocycles. The van der Waals surface area contributed by atoms with Crippen LogP contribution in [-0.2, 0) is 6.54 Å². The van der Waals surface area contributed by atoms with E-state index in [0.29, 0.717) is 0 Å². The standard InChI is InChI=1S/C23H26N4S/c1-18-6-5-13-27(15-18)16-20-11-9-19(10-12-20)14-24-26-23-25-22(17-28-23)21-7-3-2-4-8-21/h2-4,7-12,14,17-18H,5-6,13,15-16H2,1H3,(H,25,26). The van der Waals surface area contributed by atoms with Crippen molar-refractivity contribution in [3.8, 4) is 11.3 Å².